The molecule has 36 heavy (non-hydrogen) atoms. The Morgan fingerprint density at radius 1 is 1.17 bits per heavy atom. The number of ketones is 1. The molecule has 2 unspecified atom stereocenters. The van der Waals surface area contributed by atoms with E-state index in [4.69, 9.17) is 9.47 Å². The second-order valence-corrected chi connectivity index (χ2v) is 9.16. The van der Waals surface area contributed by atoms with Crippen LogP contribution in [0.1, 0.15) is 48.6 Å². The van der Waals surface area contributed by atoms with Crippen LogP contribution in [0.4, 0.5) is 0 Å². The quantitative estimate of drug-likeness (QED) is 0.294. The molecule has 0 saturated carbocycles. The van der Waals surface area contributed by atoms with Crippen molar-refractivity contribution in [2.75, 3.05) is 6.61 Å². The first-order valence-electron chi connectivity index (χ1n) is 12.2. The summed E-state index contributed by atoms with van der Waals surface area (Å²) in [5, 5.41) is 11.4. The van der Waals surface area contributed by atoms with Crippen LogP contribution in [0, 0.1) is 0 Å². The lowest BCUT2D eigenvalue weighted by molar-refractivity contribution is -0.140. The maximum Gasteiger partial charge on any atom is 0.295 e. The summed E-state index contributed by atoms with van der Waals surface area (Å²) in [7, 11) is 0. The van der Waals surface area contributed by atoms with Crippen LogP contribution in [0.25, 0.3) is 5.76 Å². The fraction of sp³-hybridized carbons (Fsp3) is 0.276. The minimum Gasteiger partial charge on any atom is -0.507 e. The van der Waals surface area contributed by atoms with Crippen LogP contribution in [0.3, 0.4) is 0 Å². The van der Waals surface area contributed by atoms with E-state index < -0.39 is 17.7 Å². The highest BCUT2D eigenvalue weighted by molar-refractivity contribution is 6.46. The van der Waals surface area contributed by atoms with Gasteiger partial charge < -0.3 is 19.5 Å². The number of rotatable bonds is 7. The van der Waals surface area contributed by atoms with E-state index in [1.54, 1.807) is 30.6 Å². The highest BCUT2D eigenvalue weighted by Crippen LogP contribution is 2.42. The van der Waals surface area contributed by atoms with Gasteiger partial charge in [-0.05, 0) is 66.4 Å². The fourth-order valence-electron chi connectivity index (χ4n) is 4.80. The molecule has 2 atom stereocenters. The molecule has 0 radical (unpaired) electrons. The first-order chi connectivity index (χ1) is 17.5. The third kappa shape index (κ3) is 4.44. The number of carbonyl (C=O) groups is 2. The molecule has 0 aliphatic carbocycles. The summed E-state index contributed by atoms with van der Waals surface area (Å²) in [4.78, 5) is 32.3. The summed E-state index contributed by atoms with van der Waals surface area (Å²) in [6, 6.07) is 15.6. The van der Waals surface area contributed by atoms with Crippen LogP contribution in [-0.2, 0) is 22.6 Å². The molecule has 184 valence electrons. The normalized spacial score (nSPS) is 20.3. The zero-order valence-electron chi connectivity index (χ0n) is 20.3. The van der Waals surface area contributed by atoms with Crippen molar-refractivity contribution in [3.05, 3.63) is 94.8 Å². The second-order valence-electron chi connectivity index (χ2n) is 9.16. The van der Waals surface area contributed by atoms with Gasteiger partial charge in [-0.2, -0.15) is 0 Å². The molecular weight excluding hydrogens is 456 g/mol. The number of nitrogens with zero attached hydrogens (tertiary/aromatic N) is 2. The van der Waals surface area contributed by atoms with Gasteiger partial charge in [0, 0.05) is 30.9 Å². The first-order valence-corrected chi connectivity index (χ1v) is 12.2. The van der Waals surface area contributed by atoms with Crippen molar-refractivity contribution in [1.82, 2.24) is 9.88 Å². The minimum absolute atomic E-state index is 0.0494. The SMILES string of the molecule is CCCOc1cccc(C2/C(=C(/O)c3ccc4c(c3)CC(C)O4)C(=O)C(=O)N2Cc2cccnc2)c1. The van der Waals surface area contributed by atoms with Crippen molar-refractivity contribution in [3.63, 3.8) is 0 Å². The topological polar surface area (TPSA) is 89.0 Å². The van der Waals surface area contributed by atoms with Crippen LogP contribution in [-0.4, -0.2) is 39.4 Å². The second kappa shape index (κ2) is 9.85. The summed E-state index contributed by atoms with van der Waals surface area (Å²) in [6.45, 7) is 4.73. The van der Waals surface area contributed by atoms with Gasteiger partial charge in [0.2, 0.25) is 0 Å². The molecule has 2 aliphatic rings. The lowest BCUT2D eigenvalue weighted by Crippen LogP contribution is -2.29. The number of ether oxygens (including phenoxy) is 2. The molecular formula is C29H28N2O5. The Morgan fingerprint density at radius 3 is 2.81 bits per heavy atom. The van der Waals surface area contributed by atoms with Gasteiger partial charge in [-0.3, -0.25) is 14.6 Å². The average molecular weight is 485 g/mol. The van der Waals surface area contributed by atoms with Crippen molar-refractivity contribution in [1.29, 1.82) is 0 Å². The van der Waals surface area contributed by atoms with Gasteiger partial charge in [0.15, 0.2) is 0 Å². The number of hydrogen-bond acceptors (Lipinski definition) is 6. The highest BCUT2D eigenvalue weighted by atomic mass is 16.5. The highest BCUT2D eigenvalue weighted by Gasteiger charge is 2.46. The number of amides is 1. The Hall–Kier alpha value is -4.13. The molecule has 5 rings (SSSR count). The minimum atomic E-state index is -0.779. The van der Waals surface area contributed by atoms with Gasteiger partial charge in [-0.25, -0.2) is 0 Å². The maximum atomic E-state index is 13.4. The number of pyridine rings is 1. The van der Waals surface area contributed by atoms with Gasteiger partial charge in [0.25, 0.3) is 11.7 Å². The van der Waals surface area contributed by atoms with E-state index in [1.807, 2.05) is 50.2 Å². The summed E-state index contributed by atoms with van der Waals surface area (Å²) < 4.78 is 11.6. The zero-order valence-corrected chi connectivity index (χ0v) is 20.3. The van der Waals surface area contributed by atoms with Crippen molar-refractivity contribution in [2.45, 2.75) is 45.4 Å². The summed E-state index contributed by atoms with van der Waals surface area (Å²) in [6.07, 6.45) is 4.94. The smallest absolute Gasteiger partial charge is 0.295 e. The molecule has 2 aliphatic heterocycles. The lowest BCUT2D eigenvalue weighted by atomic mass is 9.94. The number of Topliss-reactive ketones (excluding diaryl/α,β-unsaturated/α-hetero) is 1. The molecule has 0 spiro atoms. The predicted octanol–water partition coefficient (Wildman–Crippen LogP) is 4.82. The largest absolute Gasteiger partial charge is 0.507 e. The third-order valence-corrected chi connectivity index (χ3v) is 6.43. The zero-order chi connectivity index (χ0) is 25.2. The van der Waals surface area contributed by atoms with E-state index in [0.717, 1.165) is 23.3 Å². The molecule has 3 heterocycles. The standard InChI is InChI=1S/C29H28N2O5/c1-3-12-35-23-8-4-7-20(15-23)26-25(27(32)21-9-10-24-22(14-21)13-18(2)36-24)28(33)29(34)31(26)17-19-6-5-11-30-16-19/h4-11,14-16,18,26,32H,3,12-13,17H2,1-2H3/b27-25-. The maximum absolute atomic E-state index is 13.4. The van der Waals surface area contributed by atoms with Crippen molar-refractivity contribution in [2.24, 2.45) is 0 Å². The first kappa shape index (κ1) is 23.6. The van der Waals surface area contributed by atoms with Crippen LogP contribution in [0.15, 0.2) is 72.6 Å². The van der Waals surface area contributed by atoms with E-state index in [2.05, 4.69) is 4.98 Å². The van der Waals surface area contributed by atoms with Crippen molar-refractivity contribution >= 4 is 17.4 Å². The molecule has 7 heteroatoms. The Bertz CT molecular complexity index is 1330. The number of aliphatic hydroxyl groups is 1. The average Bonchev–Trinajstić information content (AvgIpc) is 3.39. The number of likely N-dealkylation sites (tertiary alicyclic amines) is 1. The molecule has 3 aromatic rings. The Kier molecular flexibility index (Phi) is 6.46. The number of aromatic nitrogens is 1. The van der Waals surface area contributed by atoms with Crippen LogP contribution in [0.2, 0.25) is 0 Å². The number of fused-ring (bicyclic) bond motifs is 1. The third-order valence-electron chi connectivity index (χ3n) is 6.43. The summed E-state index contributed by atoms with van der Waals surface area (Å²) >= 11 is 0. The van der Waals surface area contributed by atoms with E-state index in [1.165, 1.54) is 4.90 Å². The van der Waals surface area contributed by atoms with Crippen LogP contribution >= 0.6 is 0 Å². The van der Waals surface area contributed by atoms with Gasteiger partial charge in [0.1, 0.15) is 23.4 Å². The predicted molar refractivity (Wildman–Crippen MR) is 135 cm³/mol. The van der Waals surface area contributed by atoms with E-state index in [-0.39, 0.29) is 24.0 Å². The molecule has 1 fully saturated rings. The molecule has 0 bridgehead atoms. The van der Waals surface area contributed by atoms with Gasteiger partial charge in [-0.15, -0.1) is 0 Å². The monoisotopic (exact) mass is 484 g/mol. The van der Waals surface area contributed by atoms with Gasteiger partial charge in [0.05, 0.1) is 18.2 Å². The van der Waals surface area contributed by atoms with Gasteiger partial charge in [-0.1, -0.05) is 25.1 Å². The Morgan fingerprint density at radius 2 is 2.03 bits per heavy atom. The molecule has 1 aromatic heterocycles. The number of carbonyl (C=O) groups excluding carboxylic acids is 2. The van der Waals surface area contributed by atoms with Crippen molar-refractivity contribution < 1.29 is 24.2 Å². The number of hydrogen-bond donors (Lipinski definition) is 1. The molecule has 7 nitrogen and oxygen atoms in total. The van der Waals surface area contributed by atoms with Crippen LogP contribution < -0.4 is 9.47 Å². The number of benzene rings is 2. The molecule has 1 amide bonds. The van der Waals surface area contributed by atoms with Crippen LogP contribution in [0.5, 0.6) is 11.5 Å². The van der Waals surface area contributed by atoms with E-state index >= 15 is 0 Å². The van der Waals surface area contributed by atoms with Gasteiger partial charge >= 0.3 is 0 Å². The van der Waals surface area contributed by atoms with Crippen molar-refractivity contribution in [3.8, 4) is 11.5 Å². The summed E-state index contributed by atoms with van der Waals surface area (Å²) in [5.41, 5.74) is 2.97. The Balaban J connectivity index is 1.61. The number of aliphatic hydroxyl groups excluding tert-OH is 1. The molecule has 1 N–H and O–H groups in total. The molecule has 2 aromatic carbocycles. The lowest BCUT2D eigenvalue weighted by Gasteiger charge is -2.25. The summed E-state index contributed by atoms with van der Waals surface area (Å²) in [5.74, 6) is -0.164. The van der Waals surface area contributed by atoms with E-state index in [9.17, 15) is 14.7 Å². The van der Waals surface area contributed by atoms with E-state index in [0.29, 0.717) is 29.9 Å². The molecule has 1 saturated heterocycles. The Labute approximate surface area is 210 Å². The fourth-order valence-corrected chi connectivity index (χ4v) is 4.80.